The number of methoxy groups -OCH3 is 3. The summed E-state index contributed by atoms with van der Waals surface area (Å²) in [5, 5.41) is 10.3. The maximum Gasteiger partial charge on any atom is 0.311 e. The van der Waals surface area contributed by atoms with Crippen LogP contribution in [0.5, 0.6) is 17.2 Å². The van der Waals surface area contributed by atoms with Gasteiger partial charge in [-0.25, -0.2) is 4.98 Å². The van der Waals surface area contributed by atoms with Crippen molar-refractivity contribution < 1.29 is 38.1 Å². The van der Waals surface area contributed by atoms with E-state index in [2.05, 4.69) is 20.9 Å². The average Bonchev–Trinajstić information content (AvgIpc) is 3.53. The second-order valence-electron chi connectivity index (χ2n) is 9.77. The molecule has 3 amide bonds. The molecular weight excluding hydrogens is 657 g/mol. The fourth-order valence-corrected chi connectivity index (χ4v) is 5.63. The van der Waals surface area contributed by atoms with Crippen molar-refractivity contribution >= 4 is 63.7 Å². The van der Waals surface area contributed by atoms with Crippen molar-refractivity contribution in [1.82, 2.24) is 10.3 Å². The van der Waals surface area contributed by atoms with Crippen LogP contribution in [0.25, 0.3) is 6.08 Å². The summed E-state index contributed by atoms with van der Waals surface area (Å²) in [6.07, 6.45) is 1.53. The number of hydrogen-bond acceptors (Lipinski definition) is 11. The van der Waals surface area contributed by atoms with Gasteiger partial charge in [0.05, 0.1) is 45.8 Å². The van der Waals surface area contributed by atoms with Crippen LogP contribution in [0.3, 0.4) is 0 Å². The lowest BCUT2D eigenvalue weighted by molar-refractivity contribution is -0.142. The molecule has 1 aromatic heterocycles. The maximum atomic E-state index is 13.5. The molecule has 0 aliphatic carbocycles. The number of benzene rings is 3. The van der Waals surface area contributed by atoms with E-state index in [-0.39, 0.29) is 29.7 Å². The number of esters is 1. The van der Waals surface area contributed by atoms with Gasteiger partial charge in [0.15, 0.2) is 16.6 Å². The Morgan fingerprint density at radius 1 is 0.875 bits per heavy atom. The molecule has 0 aliphatic heterocycles. The zero-order valence-corrected chi connectivity index (χ0v) is 28.3. The van der Waals surface area contributed by atoms with Crippen molar-refractivity contribution in [3.8, 4) is 17.2 Å². The summed E-state index contributed by atoms with van der Waals surface area (Å²) in [5.41, 5.74) is 1.78. The minimum atomic E-state index is -0.582. The van der Waals surface area contributed by atoms with Crippen molar-refractivity contribution in [1.29, 1.82) is 0 Å². The van der Waals surface area contributed by atoms with Crippen LogP contribution in [0.15, 0.2) is 82.7 Å². The van der Waals surface area contributed by atoms with E-state index in [0.29, 0.717) is 51.5 Å². The minimum absolute atomic E-state index is 0.0406. The number of carbonyl (C=O) groups excluding carboxylic acids is 4. The number of rotatable bonds is 15. The number of nitrogens with zero attached hydrogens (tertiary/aromatic N) is 1. The van der Waals surface area contributed by atoms with Crippen LogP contribution >= 0.6 is 23.1 Å². The molecule has 4 aromatic rings. The van der Waals surface area contributed by atoms with E-state index in [9.17, 15) is 19.2 Å². The lowest BCUT2D eigenvalue weighted by atomic mass is 10.1. The molecule has 0 saturated heterocycles. The first kappa shape index (κ1) is 35.5. The number of thiazole rings is 1. The summed E-state index contributed by atoms with van der Waals surface area (Å²) in [6, 6.07) is 18.7. The first-order valence-corrected chi connectivity index (χ1v) is 16.4. The van der Waals surface area contributed by atoms with E-state index in [4.69, 9.17) is 18.9 Å². The number of ether oxygens (including phenoxy) is 4. The van der Waals surface area contributed by atoms with Gasteiger partial charge in [-0.05, 0) is 55.5 Å². The molecule has 250 valence electrons. The summed E-state index contributed by atoms with van der Waals surface area (Å²) in [7, 11) is 4.47. The molecule has 12 nitrogen and oxygen atoms in total. The number of carbonyl (C=O) groups is 4. The van der Waals surface area contributed by atoms with Gasteiger partial charge in [0.1, 0.15) is 11.4 Å². The van der Waals surface area contributed by atoms with E-state index in [1.165, 1.54) is 50.5 Å². The topological polar surface area (TPSA) is 154 Å². The molecule has 3 aromatic carbocycles. The van der Waals surface area contributed by atoms with E-state index in [0.717, 1.165) is 4.90 Å². The lowest BCUT2D eigenvalue weighted by Crippen LogP contribution is -2.30. The Morgan fingerprint density at radius 2 is 1.56 bits per heavy atom. The third kappa shape index (κ3) is 10.1. The number of thioether (sulfide) groups is 1. The Hall–Kier alpha value is -5.34. The Kier molecular flexibility index (Phi) is 13.0. The van der Waals surface area contributed by atoms with E-state index in [1.807, 2.05) is 0 Å². The highest BCUT2D eigenvalue weighted by atomic mass is 32.2. The summed E-state index contributed by atoms with van der Waals surface area (Å²) >= 11 is 2.53. The Labute approximate surface area is 285 Å². The Morgan fingerprint density at radius 3 is 2.23 bits per heavy atom. The standard InChI is InChI=1S/C34H34N4O8S2/c1-5-46-31(40)17-24-19-48-34(36-24)38-30(39)20-47-25-13-11-23(12-14-25)35-33(42)26(37-32(41)21-9-7-6-8-10-21)15-22-16-28(44-3)29(45-4)18-27(22)43-2/h6-16,18-19H,5,17,20H2,1-4H3,(H,35,42)(H,37,41)(H,36,38,39)/b26-15-. The van der Waals surface area contributed by atoms with Gasteiger partial charge in [-0.1, -0.05) is 18.2 Å². The predicted molar refractivity (Wildman–Crippen MR) is 185 cm³/mol. The Balaban J connectivity index is 1.44. The highest BCUT2D eigenvalue weighted by Crippen LogP contribution is 2.35. The first-order valence-electron chi connectivity index (χ1n) is 14.5. The number of nitrogens with one attached hydrogen (secondary N) is 3. The normalized spacial score (nSPS) is 10.9. The van der Waals surface area contributed by atoms with Crippen molar-refractivity contribution in [2.24, 2.45) is 0 Å². The van der Waals surface area contributed by atoms with Crippen molar-refractivity contribution in [2.45, 2.75) is 18.2 Å². The summed E-state index contributed by atoms with van der Waals surface area (Å²) < 4.78 is 21.2. The quantitative estimate of drug-likeness (QED) is 0.0838. The highest BCUT2D eigenvalue weighted by Gasteiger charge is 2.18. The molecule has 0 atom stereocenters. The molecule has 14 heteroatoms. The summed E-state index contributed by atoms with van der Waals surface area (Å²) in [5.74, 6) is -0.345. The van der Waals surface area contributed by atoms with Gasteiger partial charge >= 0.3 is 5.97 Å². The van der Waals surface area contributed by atoms with Gasteiger partial charge in [0.2, 0.25) is 5.91 Å². The monoisotopic (exact) mass is 690 g/mol. The second kappa shape index (κ2) is 17.5. The number of anilines is 2. The van der Waals surface area contributed by atoms with Gasteiger partial charge < -0.3 is 34.9 Å². The fourth-order valence-electron chi connectivity index (χ4n) is 4.21. The van der Waals surface area contributed by atoms with E-state index in [1.54, 1.807) is 79.0 Å². The molecule has 0 fully saturated rings. The van der Waals surface area contributed by atoms with Crippen molar-refractivity contribution in [2.75, 3.05) is 44.3 Å². The molecule has 0 saturated carbocycles. The molecule has 0 aliphatic rings. The summed E-state index contributed by atoms with van der Waals surface area (Å²) in [6.45, 7) is 2.02. The molecule has 3 N–H and O–H groups in total. The van der Waals surface area contributed by atoms with Gasteiger partial charge in [-0.3, -0.25) is 19.2 Å². The van der Waals surface area contributed by atoms with Crippen LogP contribution in [-0.4, -0.2) is 62.4 Å². The van der Waals surface area contributed by atoms with Crippen LogP contribution in [-0.2, 0) is 25.5 Å². The molecule has 0 bridgehead atoms. The van der Waals surface area contributed by atoms with Crippen LogP contribution in [0.1, 0.15) is 28.5 Å². The SMILES string of the molecule is CCOC(=O)Cc1csc(NC(=O)CSc2ccc(NC(=O)/C(=C/c3cc(OC)c(OC)cc3OC)NC(=O)c3ccccc3)cc2)n1. The van der Waals surface area contributed by atoms with E-state index >= 15 is 0 Å². The van der Waals surface area contributed by atoms with Gasteiger partial charge in [-0.2, -0.15) is 0 Å². The zero-order chi connectivity index (χ0) is 34.5. The third-order valence-electron chi connectivity index (χ3n) is 6.48. The molecule has 48 heavy (non-hydrogen) atoms. The van der Waals surface area contributed by atoms with Crippen LogP contribution in [0.2, 0.25) is 0 Å². The third-order valence-corrected chi connectivity index (χ3v) is 8.29. The van der Waals surface area contributed by atoms with Crippen LogP contribution < -0.4 is 30.2 Å². The Bertz CT molecular complexity index is 1780. The highest BCUT2D eigenvalue weighted by molar-refractivity contribution is 8.00. The molecule has 0 radical (unpaired) electrons. The number of aromatic nitrogens is 1. The number of hydrogen-bond donors (Lipinski definition) is 3. The molecule has 1 heterocycles. The van der Waals surface area contributed by atoms with Gasteiger partial charge in [0, 0.05) is 33.2 Å². The molecule has 4 rings (SSSR count). The van der Waals surface area contributed by atoms with E-state index < -0.39 is 11.8 Å². The lowest BCUT2D eigenvalue weighted by Gasteiger charge is -2.15. The first-order chi connectivity index (χ1) is 23.2. The zero-order valence-electron chi connectivity index (χ0n) is 26.7. The van der Waals surface area contributed by atoms with Crippen molar-refractivity contribution in [3.63, 3.8) is 0 Å². The van der Waals surface area contributed by atoms with Crippen LogP contribution in [0.4, 0.5) is 10.8 Å². The molecular formula is C34H34N4O8S2. The molecule has 0 unspecified atom stereocenters. The number of amides is 3. The van der Waals surface area contributed by atoms with Gasteiger partial charge in [0.25, 0.3) is 11.8 Å². The van der Waals surface area contributed by atoms with Crippen molar-refractivity contribution in [3.05, 3.63) is 94.6 Å². The second-order valence-corrected chi connectivity index (χ2v) is 11.7. The van der Waals surface area contributed by atoms with Crippen LogP contribution in [0, 0.1) is 0 Å². The van der Waals surface area contributed by atoms with Gasteiger partial charge in [-0.15, -0.1) is 23.1 Å². The maximum absolute atomic E-state index is 13.5. The average molecular weight is 691 g/mol. The molecule has 0 spiro atoms. The summed E-state index contributed by atoms with van der Waals surface area (Å²) in [4.78, 5) is 55.8. The largest absolute Gasteiger partial charge is 0.496 e. The fraction of sp³-hybridized carbons (Fsp3) is 0.206. The smallest absolute Gasteiger partial charge is 0.311 e. The predicted octanol–water partition coefficient (Wildman–Crippen LogP) is 5.41. The minimum Gasteiger partial charge on any atom is -0.496 e.